The quantitative estimate of drug-likeness (QED) is 0.423. The fraction of sp³-hybridized carbons (Fsp3) is 0.462. The average molecular weight is 586 g/mol. The molecule has 13 nitrogen and oxygen atoms in total. The van der Waals surface area contributed by atoms with E-state index < -0.39 is 6.09 Å². The first-order chi connectivity index (χ1) is 19.8. The van der Waals surface area contributed by atoms with Crippen molar-refractivity contribution < 1.29 is 23.5 Å². The Morgan fingerprint density at radius 3 is 2.66 bits per heavy atom. The van der Waals surface area contributed by atoms with E-state index in [1.165, 1.54) is 24.3 Å². The van der Waals surface area contributed by atoms with E-state index in [2.05, 4.69) is 42.7 Å². The third-order valence-electron chi connectivity index (χ3n) is 7.04. The monoisotopic (exact) mass is 585 g/mol. The van der Waals surface area contributed by atoms with Crippen molar-refractivity contribution in [3.05, 3.63) is 42.3 Å². The van der Waals surface area contributed by atoms with E-state index in [9.17, 15) is 14.0 Å². The Labute approximate surface area is 240 Å². The van der Waals surface area contributed by atoms with Crippen molar-refractivity contribution in [3.8, 4) is 16.8 Å². The van der Waals surface area contributed by atoms with Crippen LogP contribution in [-0.4, -0.2) is 94.4 Å². The summed E-state index contributed by atoms with van der Waals surface area (Å²) >= 11 is 1.06. The largest absolute Gasteiger partial charge is 0.430 e. The summed E-state index contributed by atoms with van der Waals surface area (Å²) in [4.78, 5) is 40.0. The van der Waals surface area contributed by atoms with Crippen LogP contribution < -0.4 is 25.0 Å². The van der Waals surface area contributed by atoms with Gasteiger partial charge in [-0.25, -0.2) is 19.0 Å². The fourth-order valence-corrected chi connectivity index (χ4v) is 5.29. The number of ether oxygens (including phenoxy) is 2. The summed E-state index contributed by atoms with van der Waals surface area (Å²) in [5.41, 5.74) is 0. The topological polar surface area (TPSA) is 138 Å². The smallest absolute Gasteiger partial charge is 0.414 e. The van der Waals surface area contributed by atoms with Gasteiger partial charge in [-0.15, -0.1) is 5.10 Å². The molecule has 41 heavy (non-hydrogen) atoms. The molecular weight excluding hydrogens is 553 g/mol. The highest BCUT2D eigenvalue weighted by molar-refractivity contribution is 7.17. The van der Waals surface area contributed by atoms with Gasteiger partial charge in [-0.05, 0) is 81.4 Å². The van der Waals surface area contributed by atoms with E-state index in [0.717, 1.165) is 50.1 Å². The lowest BCUT2D eigenvalue weighted by Gasteiger charge is -2.37. The van der Waals surface area contributed by atoms with Gasteiger partial charge in [-0.3, -0.25) is 5.32 Å². The highest BCUT2D eigenvalue weighted by atomic mass is 32.1. The summed E-state index contributed by atoms with van der Waals surface area (Å²) in [5.74, 6) is 0.642. The first-order valence-electron chi connectivity index (χ1n) is 13.4. The van der Waals surface area contributed by atoms with E-state index in [1.807, 2.05) is 4.90 Å². The van der Waals surface area contributed by atoms with Gasteiger partial charge in [-0.1, -0.05) is 5.10 Å². The number of halogens is 1. The van der Waals surface area contributed by atoms with Crippen LogP contribution in [0.1, 0.15) is 25.7 Å². The zero-order valence-corrected chi connectivity index (χ0v) is 23.6. The molecule has 0 radical (unpaired) electrons. The van der Waals surface area contributed by atoms with Crippen LogP contribution in [0.25, 0.3) is 0 Å². The molecule has 1 atom stereocenters. The summed E-state index contributed by atoms with van der Waals surface area (Å²) in [5, 5.41) is 14.1. The number of likely N-dealkylation sites (N-methyl/N-ethyl adjacent to an activating group) is 1. The van der Waals surface area contributed by atoms with Crippen molar-refractivity contribution in [1.29, 1.82) is 0 Å². The lowest BCUT2D eigenvalue weighted by Crippen LogP contribution is -2.50. The average Bonchev–Trinajstić information content (AvgIpc) is 3.41. The van der Waals surface area contributed by atoms with Gasteiger partial charge < -0.3 is 29.5 Å². The molecule has 2 N–H and O–H groups in total. The number of aromatic nitrogens is 4. The van der Waals surface area contributed by atoms with Crippen LogP contribution in [0.4, 0.5) is 25.1 Å². The van der Waals surface area contributed by atoms with Crippen LogP contribution in [0.2, 0.25) is 0 Å². The first kappa shape index (κ1) is 28.4. The number of anilines is 2. The Morgan fingerprint density at radius 2 is 1.88 bits per heavy atom. The molecule has 2 aromatic heterocycles. The van der Waals surface area contributed by atoms with Gasteiger partial charge in [0.25, 0.3) is 0 Å². The van der Waals surface area contributed by atoms with Crippen molar-refractivity contribution in [2.24, 2.45) is 0 Å². The van der Waals surface area contributed by atoms with Crippen LogP contribution in [0, 0.1) is 5.82 Å². The van der Waals surface area contributed by atoms with Crippen LogP contribution in [-0.2, 0) is 0 Å². The number of benzene rings is 1. The van der Waals surface area contributed by atoms with E-state index in [4.69, 9.17) is 9.47 Å². The van der Waals surface area contributed by atoms with Crippen molar-refractivity contribution in [1.82, 2.24) is 35.3 Å². The van der Waals surface area contributed by atoms with E-state index in [1.54, 1.807) is 24.2 Å². The number of amides is 3. The minimum absolute atomic E-state index is 0.0821. The molecule has 3 aromatic rings. The van der Waals surface area contributed by atoms with Crippen LogP contribution in [0.5, 0.6) is 16.8 Å². The minimum Gasteiger partial charge on any atom is -0.430 e. The molecule has 0 aliphatic carbocycles. The SMILES string of the molecule is CN1CCC(NC(=O)Oc2ccnc(N3CCC[C@@H](N(C)C(=O)Nc4nnc(Oc5ccc(F)cc5)s4)C3)n2)CC1. The normalized spacial score (nSPS) is 18.0. The highest BCUT2D eigenvalue weighted by Gasteiger charge is 2.28. The molecule has 2 saturated heterocycles. The maximum Gasteiger partial charge on any atom is 0.414 e. The van der Waals surface area contributed by atoms with Gasteiger partial charge in [0, 0.05) is 38.4 Å². The number of hydrogen-bond acceptors (Lipinski definition) is 11. The number of nitrogens with one attached hydrogen (secondary N) is 2. The van der Waals surface area contributed by atoms with E-state index in [0.29, 0.717) is 24.8 Å². The molecule has 0 spiro atoms. The maximum atomic E-state index is 13.1. The van der Waals surface area contributed by atoms with E-state index >= 15 is 0 Å². The minimum atomic E-state index is -0.528. The zero-order chi connectivity index (χ0) is 28.8. The number of piperidine rings is 2. The van der Waals surface area contributed by atoms with Crippen molar-refractivity contribution in [3.63, 3.8) is 0 Å². The summed E-state index contributed by atoms with van der Waals surface area (Å²) in [7, 11) is 3.78. The predicted octanol–water partition coefficient (Wildman–Crippen LogP) is 3.57. The molecule has 0 saturated carbocycles. The summed E-state index contributed by atoms with van der Waals surface area (Å²) in [6, 6.07) is 6.70. The van der Waals surface area contributed by atoms with Gasteiger partial charge in [-0.2, -0.15) is 4.98 Å². The predicted molar refractivity (Wildman–Crippen MR) is 150 cm³/mol. The highest BCUT2D eigenvalue weighted by Crippen LogP contribution is 2.28. The molecule has 15 heteroatoms. The molecule has 5 rings (SSSR count). The number of carbonyl (C=O) groups is 2. The van der Waals surface area contributed by atoms with E-state index in [-0.39, 0.29) is 40.1 Å². The van der Waals surface area contributed by atoms with Gasteiger partial charge in [0.15, 0.2) is 0 Å². The standard InChI is InChI=1S/C26H32FN9O4S/c1-34-14-10-18(11-15-34)29-25(38)40-21-9-12-28-22(30-21)36-13-3-4-19(16-36)35(2)24(37)31-23-32-33-26(41-23)39-20-7-5-17(27)6-8-20/h5-9,12,18-19H,3-4,10-11,13-16H2,1-2H3,(H,29,38)(H,31,32,37)/t19-/m1/s1. The number of nitrogens with zero attached hydrogens (tertiary/aromatic N) is 7. The molecular formula is C26H32FN9O4S. The lowest BCUT2D eigenvalue weighted by atomic mass is 10.1. The van der Waals surface area contributed by atoms with Crippen LogP contribution >= 0.6 is 11.3 Å². The maximum absolute atomic E-state index is 13.1. The first-order valence-corrected chi connectivity index (χ1v) is 14.2. The Hall–Kier alpha value is -4.11. The molecule has 1 aromatic carbocycles. The molecule has 0 bridgehead atoms. The fourth-order valence-electron chi connectivity index (χ4n) is 4.69. The Morgan fingerprint density at radius 1 is 1.10 bits per heavy atom. The number of carbonyl (C=O) groups excluding carboxylic acids is 2. The van der Waals surface area contributed by atoms with Gasteiger partial charge >= 0.3 is 17.3 Å². The molecule has 2 aliphatic rings. The molecule has 2 fully saturated rings. The van der Waals surface area contributed by atoms with Gasteiger partial charge in [0.05, 0.1) is 6.04 Å². The summed E-state index contributed by atoms with van der Waals surface area (Å²) in [6.07, 6.45) is 4.40. The van der Waals surface area contributed by atoms with Crippen molar-refractivity contribution >= 4 is 34.5 Å². The summed E-state index contributed by atoms with van der Waals surface area (Å²) in [6.45, 7) is 3.07. The second-order valence-corrected chi connectivity index (χ2v) is 11.0. The number of urea groups is 1. The molecule has 0 unspecified atom stereocenters. The second-order valence-electron chi connectivity index (χ2n) is 10.0. The third kappa shape index (κ3) is 7.76. The van der Waals surface area contributed by atoms with Crippen molar-refractivity contribution in [2.45, 2.75) is 37.8 Å². The molecule has 218 valence electrons. The Bertz CT molecular complexity index is 1340. The summed E-state index contributed by atoms with van der Waals surface area (Å²) < 4.78 is 24.1. The number of hydrogen-bond donors (Lipinski definition) is 2. The van der Waals surface area contributed by atoms with Gasteiger partial charge in [0.1, 0.15) is 11.6 Å². The number of rotatable bonds is 7. The van der Waals surface area contributed by atoms with Crippen LogP contribution in [0.3, 0.4) is 0 Å². The lowest BCUT2D eigenvalue weighted by molar-refractivity contribution is 0.180. The Balaban J connectivity index is 1.13. The van der Waals surface area contributed by atoms with Gasteiger partial charge in [0.2, 0.25) is 17.0 Å². The molecule has 3 amide bonds. The molecule has 2 aliphatic heterocycles. The number of likely N-dealkylation sites (tertiary alicyclic amines) is 1. The molecule has 4 heterocycles. The Kier molecular flexibility index (Phi) is 9.04. The second kappa shape index (κ2) is 13.0. The third-order valence-corrected chi connectivity index (χ3v) is 7.76. The van der Waals surface area contributed by atoms with Crippen molar-refractivity contribution in [2.75, 3.05) is 50.5 Å². The zero-order valence-electron chi connectivity index (χ0n) is 22.8. The van der Waals surface area contributed by atoms with Crippen LogP contribution in [0.15, 0.2) is 36.5 Å².